The number of nitro groups is 1. The van der Waals surface area contributed by atoms with Crippen LogP contribution in [0.2, 0.25) is 0 Å². The zero-order chi connectivity index (χ0) is 14.0. The molecule has 2 rings (SSSR count). The summed E-state index contributed by atoms with van der Waals surface area (Å²) in [6.07, 6.45) is 3.95. The molecule has 0 unspecified atom stereocenters. The van der Waals surface area contributed by atoms with Crippen LogP contribution in [-0.2, 0) is 9.84 Å². The quantitative estimate of drug-likeness (QED) is 0.619. The smallest absolute Gasteiger partial charge is 0.258 e. The fourth-order valence-electron chi connectivity index (χ4n) is 2.42. The van der Waals surface area contributed by atoms with Crippen LogP contribution in [0.15, 0.2) is 27.6 Å². The molecule has 0 atom stereocenters. The Morgan fingerprint density at radius 3 is 2.42 bits per heavy atom. The van der Waals surface area contributed by atoms with Crippen molar-refractivity contribution in [1.82, 2.24) is 0 Å². The third-order valence-electron chi connectivity index (χ3n) is 3.42. The molecule has 7 heteroatoms. The maximum absolute atomic E-state index is 12.5. The summed E-state index contributed by atoms with van der Waals surface area (Å²) in [5.74, 6) is 0. The number of hydrogen-bond acceptors (Lipinski definition) is 4. The first-order valence-electron chi connectivity index (χ1n) is 6.11. The molecular formula is C12H14BrNO4S. The van der Waals surface area contributed by atoms with Gasteiger partial charge in [0.15, 0.2) is 9.84 Å². The highest BCUT2D eigenvalue weighted by atomic mass is 79.9. The molecule has 19 heavy (non-hydrogen) atoms. The summed E-state index contributed by atoms with van der Waals surface area (Å²) in [6, 6.07) is 4.06. The molecule has 0 amide bonds. The SMILES string of the molecule is O=[N+]([O-])c1ccc(Br)cc1S(=O)(=O)C1CCCCC1. The van der Waals surface area contributed by atoms with Gasteiger partial charge in [-0.1, -0.05) is 35.2 Å². The summed E-state index contributed by atoms with van der Waals surface area (Å²) < 4.78 is 25.6. The van der Waals surface area contributed by atoms with E-state index in [2.05, 4.69) is 15.9 Å². The summed E-state index contributed by atoms with van der Waals surface area (Å²) in [5, 5.41) is 10.5. The Hall–Kier alpha value is -0.950. The highest BCUT2D eigenvalue weighted by Gasteiger charge is 2.34. The number of hydrogen-bond donors (Lipinski definition) is 0. The lowest BCUT2D eigenvalue weighted by molar-refractivity contribution is -0.387. The van der Waals surface area contributed by atoms with Crippen LogP contribution in [0, 0.1) is 10.1 Å². The molecule has 1 saturated carbocycles. The number of rotatable bonds is 3. The Morgan fingerprint density at radius 1 is 1.21 bits per heavy atom. The molecule has 0 heterocycles. The standard InChI is InChI=1S/C12H14BrNO4S/c13-9-6-7-11(14(15)16)12(8-9)19(17,18)10-4-2-1-3-5-10/h6-8,10H,1-5H2. The van der Waals surface area contributed by atoms with Crippen LogP contribution in [0.4, 0.5) is 5.69 Å². The molecule has 104 valence electrons. The number of nitro benzene ring substituents is 1. The Morgan fingerprint density at radius 2 is 1.84 bits per heavy atom. The van der Waals surface area contributed by atoms with Gasteiger partial charge >= 0.3 is 0 Å². The molecule has 1 aliphatic carbocycles. The normalized spacial score (nSPS) is 17.3. The number of nitrogens with zero attached hydrogens (tertiary/aromatic N) is 1. The summed E-state index contributed by atoms with van der Waals surface area (Å²) >= 11 is 3.17. The Bertz CT molecular complexity index is 594. The van der Waals surface area contributed by atoms with E-state index in [0.717, 1.165) is 19.3 Å². The van der Waals surface area contributed by atoms with Gasteiger partial charge in [-0.05, 0) is 25.0 Å². The lowest BCUT2D eigenvalue weighted by Gasteiger charge is -2.21. The predicted molar refractivity (Wildman–Crippen MR) is 74.9 cm³/mol. The van der Waals surface area contributed by atoms with Crippen molar-refractivity contribution >= 4 is 31.5 Å². The maximum Gasteiger partial charge on any atom is 0.288 e. The van der Waals surface area contributed by atoms with Gasteiger partial charge in [0.25, 0.3) is 5.69 Å². The zero-order valence-corrected chi connectivity index (χ0v) is 12.6. The molecule has 0 N–H and O–H groups in total. The van der Waals surface area contributed by atoms with Gasteiger partial charge in [0, 0.05) is 10.5 Å². The van der Waals surface area contributed by atoms with Gasteiger partial charge in [0.05, 0.1) is 10.2 Å². The van der Waals surface area contributed by atoms with Crippen molar-refractivity contribution in [3.8, 4) is 0 Å². The van der Waals surface area contributed by atoms with Crippen LogP contribution >= 0.6 is 15.9 Å². The molecule has 5 nitrogen and oxygen atoms in total. The summed E-state index contributed by atoms with van der Waals surface area (Å²) in [4.78, 5) is 10.2. The topological polar surface area (TPSA) is 77.3 Å². The second-order valence-electron chi connectivity index (χ2n) is 4.67. The summed E-state index contributed by atoms with van der Waals surface area (Å²) in [5.41, 5.74) is -0.339. The van der Waals surface area contributed by atoms with Crippen molar-refractivity contribution in [2.75, 3.05) is 0 Å². The van der Waals surface area contributed by atoms with E-state index in [1.165, 1.54) is 18.2 Å². The van der Waals surface area contributed by atoms with Gasteiger partial charge in [-0.15, -0.1) is 0 Å². The first-order chi connectivity index (χ1) is 8.93. The van der Waals surface area contributed by atoms with E-state index in [1.54, 1.807) is 0 Å². The van der Waals surface area contributed by atoms with E-state index in [0.29, 0.717) is 17.3 Å². The van der Waals surface area contributed by atoms with E-state index < -0.39 is 20.0 Å². The highest BCUT2D eigenvalue weighted by Crippen LogP contribution is 2.34. The second kappa shape index (κ2) is 5.58. The minimum Gasteiger partial charge on any atom is -0.258 e. The monoisotopic (exact) mass is 347 g/mol. The van der Waals surface area contributed by atoms with Crippen LogP contribution in [0.5, 0.6) is 0 Å². The lowest BCUT2D eigenvalue weighted by atomic mass is 10.0. The molecule has 0 bridgehead atoms. The van der Waals surface area contributed by atoms with Crippen molar-refractivity contribution in [2.45, 2.75) is 42.2 Å². The average molecular weight is 348 g/mol. The molecule has 1 fully saturated rings. The first kappa shape index (κ1) is 14.5. The predicted octanol–water partition coefficient (Wildman–Crippen LogP) is 3.46. The lowest BCUT2D eigenvalue weighted by Crippen LogP contribution is -2.24. The van der Waals surface area contributed by atoms with Gasteiger partial charge in [0.2, 0.25) is 0 Å². The van der Waals surface area contributed by atoms with Crippen LogP contribution in [0.25, 0.3) is 0 Å². The third kappa shape index (κ3) is 2.97. The molecule has 0 saturated heterocycles. The number of benzene rings is 1. The molecule has 1 aliphatic rings. The molecule has 0 radical (unpaired) electrons. The largest absolute Gasteiger partial charge is 0.288 e. The molecule has 0 spiro atoms. The molecule has 0 aliphatic heterocycles. The van der Waals surface area contributed by atoms with Crippen LogP contribution in [-0.4, -0.2) is 18.6 Å². The maximum atomic E-state index is 12.5. The van der Waals surface area contributed by atoms with Gasteiger partial charge in [-0.25, -0.2) is 8.42 Å². The van der Waals surface area contributed by atoms with Crippen molar-refractivity contribution in [1.29, 1.82) is 0 Å². The van der Waals surface area contributed by atoms with Gasteiger partial charge in [-0.3, -0.25) is 10.1 Å². The van der Waals surface area contributed by atoms with Gasteiger partial charge in [0.1, 0.15) is 4.90 Å². The zero-order valence-electron chi connectivity index (χ0n) is 10.2. The van der Waals surface area contributed by atoms with E-state index >= 15 is 0 Å². The summed E-state index contributed by atoms with van der Waals surface area (Å²) in [6.45, 7) is 0. The fourth-order valence-corrected chi connectivity index (χ4v) is 4.97. The molecule has 1 aromatic carbocycles. The summed E-state index contributed by atoms with van der Waals surface area (Å²) in [7, 11) is -3.63. The first-order valence-corrected chi connectivity index (χ1v) is 8.44. The molecule has 0 aromatic heterocycles. The highest BCUT2D eigenvalue weighted by molar-refractivity contribution is 9.10. The van der Waals surface area contributed by atoms with Crippen molar-refractivity contribution in [2.24, 2.45) is 0 Å². The number of halogens is 1. The van der Waals surface area contributed by atoms with E-state index in [1.807, 2.05) is 0 Å². The third-order valence-corrected chi connectivity index (χ3v) is 6.20. The Balaban J connectivity index is 2.49. The average Bonchev–Trinajstić information content (AvgIpc) is 2.39. The Kier molecular flexibility index (Phi) is 4.25. The molecule has 1 aromatic rings. The number of sulfone groups is 1. The van der Waals surface area contributed by atoms with Crippen LogP contribution in [0.3, 0.4) is 0 Å². The van der Waals surface area contributed by atoms with E-state index in [9.17, 15) is 18.5 Å². The van der Waals surface area contributed by atoms with Gasteiger partial charge < -0.3 is 0 Å². The minimum atomic E-state index is -3.63. The minimum absolute atomic E-state index is 0.168. The fraction of sp³-hybridized carbons (Fsp3) is 0.500. The van der Waals surface area contributed by atoms with Crippen LogP contribution < -0.4 is 0 Å². The molecular weight excluding hydrogens is 334 g/mol. The van der Waals surface area contributed by atoms with E-state index in [-0.39, 0.29) is 10.6 Å². The van der Waals surface area contributed by atoms with Crippen molar-refractivity contribution < 1.29 is 13.3 Å². The van der Waals surface area contributed by atoms with Crippen molar-refractivity contribution in [3.63, 3.8) is 0 Å². The van der Waals surface area contributed by atoms with Crippen molar-refractivity contribution in [3.05, 3.63) is 32.8 Å². The van der Waals surface area contributed by atoms with Gasteiger partial charge in [-0.2, -0.15) is 0 Å². The Labute approximate surface area is 120 Å². The van der Waals surface area contributed by atoms with Crippen LogP contribution in [0.1, 0.15) is 32.1 Å². The second-order valence-corrected chi connectivity index (χ2v) is 7.79. The van der Waals surface area contributed by atoms with E-state index in [4.69, 9.17) is 0 Å².